The van der Waals surface area contributed by atoms with E-state index in [9.17, 15) is 9.59 Å². The number of nitrogens with zero attached hydrogens (tertiary/aromatic N) is 1. The molecule has 0 aromatic heterocycles. The van der Waals surface area contributed by atoms with Gasteiger partial charge in [0.2, 0.25) is 7.85 Å². The Balaban J connectivity index is 2.60. The van der Waals surface area contributed by atoms with E-state index in [4.69, 9.17) is 0 Å². The van der Waals surface area contributed by atoms with Gasteiger partial charge in [0.15, 0.2) is 5.81 Å². The minimum atomic E-state index is -0.275. The van der Waals surface area contributed by atoms with Gasteiger partial charge in [0.1, 0.15) is 0 Å². The number of rotatable bonds is 0. The highest BCUT2D eigenvalue weighted by Crippen LogP contribution is 1.94. The standard InChI is InChI=1S/C4H7BN2O2/c5-3(8)7-2-1-6-4(7)9/h1-2,5H2,(H,6,9). The Morgan fingerprint density at radius 2 is 2.44 bits per heavy atom. The first-order valence-electron chi connectivity index (χ1n) is 2.78. The van der Waals surface area contributed by atoms with Gasteiger partial charge >= 0.3 is 6.03 Å². The summed E-state index contributed by atoms with van der Waals surface area (Å²) in [5.41, 5.74) is 0. The van der Waals surface area contributed by atoms with Crippen molar-refractivity contribution in [3.63, 3.8) is 0 Å². The summed E-state index contributed by atoms with van der Waals surface area (Å²) in [7, 11) is 1.38. The van der Waals surface area contributed by atoms with Gasteiger partial charge in [-0.15, -0.1) is 0 Å². The van der Waals surface area contributed by atoms with E-state index in [0.29, 0.717) is 13.1 Å². The molecule has 0 unspecified atom stereocenters. The lowest BCUT2D eigenvalue weighted by molar-refractivity contribution is 0.212. The van der Waals surface area contributed by atoms with Gasteiger partial charge in [-0.2, -0.15) is 0 Å². The summed E-state index contributed by atoms with van der Waals surface area (Å²) in [5, 5.41) is 2.52. The molecular weight excluding hydrogens is 119 g/mol. The molecule has 1 N–H and O–H groups in total. The fraction of sp³-hybridized carbons (Fsp3) is 0.500. The van der Waals surface area contributed by atoms with E-state index < -0.39 is 0 Å². The van der Waals surface area contributed by atoms with Gasteiger partial charge in [-0.1, -0.05) is 0 Å². The Hall–Kier alpha value is -0.995. The second-order valence-electron chi connectivity index (χ2n) is 1.90. The highest BCUT2D eigenvalue weighted by molar-refractivity contribution is 6.58. The van der Waals surface area contributed by atoms with Gasteiger partial charge in [0.25, 0.3) is 0 Å². The van der Waals surface area contributed by atoms with E-state index in [1.165, 1.54) is 12.7 Å². The fourth-order valence-corrected chi connectivity index (χ4v) is 0.772. The molecule has 0 atom stereocenters. The van der Waals surface area contributed by atoms with Crippen molar-refractivity contribution >= 4 is 19.7 Å². The Kier molecular flexibility index (Phi) is 1.42. The van der Waals surface area contributed by atoms with Crippen molar-refractivity contribution in [3.8, 4) is 0 Å². The SMILES string of the molecule is BC(=O)N1CCNC1=O. The Bertz CT molecular complexity index is 159. The summed E-state index contributed by atoms with van der Waals surface area (Å²) in [5.74, 6) is -0.190. The predicted molar refractivity (Wildman–Crippen MR) is 34.0 cm³/mol. The topological polar surface area (TPSA) is 49.4 Å². The molecule has 0 aromatic carbocycles. The van der Waals surface area contributed by atoms with Gasteiger partial charge in [-0.05, 0) is 0 Å². The second kappa shape index (κ2) is 2.09. The summed E-state index contributed by atoms with van der Waals surface area (Å²) in [6.45, 7) is 1.09. The van der Waals surface area contributed by atoms with Crippen LogP contribution in [0.1, 0.15) is 0 Å². The van der Waals surface area contributed by atoms with Crippen LogP contribution in [0.3, 0.4) is 0 Å². The lowest BCUT2D eigenvalue weighted by Gasteiger charge is -2.06. The van der Waals surface area contributed by atoms with Crippen LogP contribution >= 0.6 is 0 Å². The normalized spacial score (nSPS) is 17.8. The lowest BCUT2D eigenvalue weighted by Crippen LogP contribution is -2.33. The van der Waals surface area contributed by atoms with E-state index in [-0.39, 0.29) is 11.8 Å². The molecule has 0 aliphatic carbocycles. The maximum Gasteiger partial charge on any atom is 0.323 e. The number of urea groups is 1. The average molecular weight is 126 g/mol. The monoisotopic (exact) mass is 126 g/mol. The molecule has 0 radical (unpaired) electrons. The van der Waals surface area contributed by atoms with E-state index in [0.717, 1.165) is 0 Å². The summed E-state index contributed by atoms with van der Waals surface area (Å²) >= 11 is 0. The first kappa shape index (κ1) is 6.13. The van der Waals surface area contributed by atoms with Crippen molar-refractivity contribution < 1.29 is 9.59 Å². The van der Waals surface area contributed by atoms with E-state index in [1.54, 1.807) is 0 Å². The van der Waals surface area contributed by atoms with Crippen LogP contribution in [-0.4, -0.2) is 37.7 Å². The van der Waals surface area contributed by atoms with Crippen LogP contribution in [-0.2, 0) is 0 Å². The number of carbonyl (C=O) groups is 2. The van der Waals surface area contributed by atoms with Crippen molar-refractivity contribution in [1.82, 2.24) is 10.2 Å². The van der Waals surface area contributed by atoms with Crippen LogP contribution in [0.5, 0.6) is 0 Å². The molecule has 9 heavy (non-hydrogen) atoms. The number of imide groups is 1. The maximum absolute atomic E-state index is 10.6. The maximum atomic E-state index is 10.6. The summed E-state index contributed by atoms with van der Waals surface area (Å²) in [4.78, 5) is 22.3. The number of nitrogens with one attached hydrogen (secondary N) is 1. The third-order valence-corrected chi connectivity index (χ3v) is 1.24. The molecule has 0 aromatic rings. The molecule has 0 saturated carbocycles. The van der Waals surface area contributed by atoms with Crippen LogP contribution in [0, 0.1) is 0 Å². The van der Waals surface area contributed by atoms with Gasteiger partial charge in [0, 0.05) is 13.1 Å². The molecule has 48 valence electrons. The van der Waals surface area contributed by atoms with Crippen LogP contribution in [0.2, 0.25) is 0 Å². The zero-order valence-electron chi connectivity index (χ0n) is 5.18. The van der Waals surface area contributed by atoms with Gasteiger partial charge in [0.05, 0.1) is 0 Å². The number of hydrogen-bond donors (Lipinski definition) is 1. The lowest BCUT2D eigenvalue weighted by atomic mass is 10.1. The second-order valence-corrected chi connectivity index (χ2v) is 1.90. The zero-order chi connectivity index (χ0) is 6.85. The molecule has 1 fully saturated rings. The molecular formula is C4H7BN2O2. The minimum Gasteiger partial charge on any atom is -0.336 e. The number of amides is 3. The molecule has 5 heteroatoms. The summed E-state index contributed by atoms with van der Waals surface area (Å²) < 4.78 is 0. The van der Waals surface area contributed by atoms with E-state index in [2.05, 4.69) is 5.32 Å². The van der Waals surface area contributed by atoms with Crippen LogP contribution < -0.4 is 5.32 Å². The van der Waals surface area contributed by atoms with Gasteiger partial charge in [-0.3, -0.25) is 9.69 Å². The first-order chi connectivity index (χ1) is 4.22. The fourth-order valence-electron chi connectivity index (χ4n) is 0.772. The molecule has 1 saturated heterocycles. The predicted octanol–water partition coefficient (Wildman–Crippen LogP) is -1.24. The largest absolute Gasteiger partial charge is 0.336 e. The quantitative estimate of drug-likeness (QED) is 0.413. The van der Waals surface area contributed by atoms with Crippen molar-refractivity contribution in [2.24, 2.45) is 0 Å². The molecule has 1 rings (SSSR count). The smallest absolute Gasteiger partial charge is 0.323 e. The number of carbonyl (C=O) groups excluding carboxylic acids is 2. The van der Waals surface area contributed by atoms with Crippen LogP contribution in [0.15, 0.2) is 0 Å². The van der Waals surface area contributed by atoms with E-state index in [1.807, 2.05) is 0 Å². The molecule has 0 bridgehead atoms. The Morgan fingerprint density at radius 1 is 1.78 bits per heavy atom. The van der Waals surface area contributed by atoms with Gasteiger partial charge in [-0.25, -0.2) is 4.79 Å². The zero-order valence-corrected chi connectivity index (χ0v) is 5.18. The molecule has 1 aliphatic rings. The Morgan fingerprint density at radius 3 is 2.67 bits per heavy atom. The highest BCUT2D eigenvalue weighted by atomic mass is 16.2. The molecule has 3 amide bonds. The molecule has 1 aliphatic heterocycles. The highest BCUT2D eigenvalue weighted by Gasteiger charge is 2.21. The Labute approximate surface area is 53.6 Å². The molecule has 0 spiro atoms. The molecule has 1 heterocycles. The van der Waals surface area contributed by atoms with E-state index >= 15 is 0 Å². The summed E-state index contributed by atoms with van der Waals surface area (Å²) in [6.07, 6.45) is 0. The molecule has 4 nitrogen and oxygen atoms in total. The van der Waals surface area contributed by atoms with Crippen LogP contribution in [0.4, 0.5) is 9.59 Å². The summed E-state index contributed by atoms with van der Waals surface area (Å²) in [6, 6.07) is -0.275. The van der Waals surface area contributed by atoms with Crippen molar-refractivity contribution in [3.05, 3.63) is 0 Å². The minimum absolute atomic E-state index is 0.190. The van der Waals surface area contributed by atoms with Crippen molar-refractivity contribution in [1.29, 1.82) is 0 Å². The third-order valence-electron chi connectivity index (χ3n) is 1.24. The average Bonchev–Trinajstić information content (AvgIpc) is 2.13. The van der Waals surface area contributed by atoms with Crippen molar-refractivity contribution in [2.45, 2.75) is 0 Å². The van der Waals surface area contributed by atoms with Gasteiger partial charge < -0.3 is 5.32 Å². The van der Waals surface area contributed by atoms with Crippen molar-refractivity contribution in [2.75, 3.05) is 13.1 Å². The first-order valence-corrected chi connectivity index (χ1v) is 2.78. The number of hydrogen-bond acceptors (Lipinski definition) is 2. The van der Waals surface area contributed by atoms with Crippen LogP contribution in [0.25, 0.3) is 0 Å². The third kappa shape index (κ3) is 1.04.